The van der Waals surface area contributed by atoms with Crippen molar-refractivity contribution in [2.45, 2.75) is 13.1 Å². The first-order chi connectivity index (χ1) is 9.86. The van der Waals surface area contributed by atoms with Crippen molar-refractivity contribution in [1.82, 2.24) is 14.6 Å². The average molecular weight is 312 g/mol. The maximum absolute atomic E-state index is 12.8. The molecule has 108 valence electrons. The van der Waals surface area contributed by atoms with Crippen LogP contribution in [0, 0.1) is 6.92 Å². The predicted molar refractivity (Wildman–Crippen MR) is 73.2 cm³/mol. The summed E-state index contributed by atoms with van der Waals surface area (Å²) in [6, 6.07) is 6.88. The third-order valence-electron chi connectivity index (χ3n) is 3.17. The maximum Gasteiger partial charge on any atom is 0.416 e. The van der Waals surface area contributed by atoms with Gasteiger partial charge in [0.2, 0.25) is 5.28 Å². The fourth-order valence-electron chi connectivity index (χ4n) is 2.22. The molecule has 0 spiro atoms. The van der Waals surface area contributed by atoms with E-state index in [2.05, 4.69) is 10.1 Å². The van der Waals surface area contributed by atoms with Gasteiger partial charge in [0.25, 0.3) is 0 Å². The number of pyridine rings is 1. The molecular weight excluding hydrogens is 303 g/mol. The summed E-state index contributed by atoms with van der Waals surface area (Å²) in [4.78, 5) is 4.08. The van der Waals surface area contributed by atoms with Crippen LogP contribution in [0.1, 0.15) is 11.1 Å². The summed E-state index contributed by atoms with van der Waals surface area (Å²) in [7, 11) is 0. The highest BCUT2D eigenvalue weighted by molar-refractivity contribution is 6.28. The van der Waals surface area contributed by atoms with Gasteiger partial charge in [0.1, 0.15) is 0 Å². The number of fused-ring (bicyclic) bond motifs is 1. The SMILES string of the molecule is Cc1ccn2nc(Cl)nc2c1-c1cccc(C(F)(F)F)c1. The van der Waals surface area contributed by atoms with Crippen molar-refractivity contribution in [3.8, 4) is 11.1 Å². The number of hydrogen-bond acceptors (Lipinski definition) is 2. The normalized spacial score (nSPS) is 12.0. The zero-order chi connectivity index (χ0) is 15.2. The minimum absolute atomic E-state index is 0.0498. The van der Waals surface area contributed by atoms with E-state index in [1.807, 2.05) is 0 Å². The van der Waals surface area contributed by atoms with Crippen LogP contribution >= 0.6 is 11.6 Å². The largest absolute Gasteiger partial charge is 0.416 e. The number of aryl methyl sites for hydroxylation is 1. The molecule has 21 heavy (non-hydrogen) atoms. The van der Waals surface area contributed by atoms with Crippen LogP contribution in [0.25, 0.3) is 16.8 Å². The van der Waals surface area contributed by atoms with Crippen molar-refractivity contribution in [2.75, 3.05) is 0 Å². The molecule has 3 aromatic rings. The van der Waals surface area contributed by atoms with Gasteiger partial charge in [-0.1, -0.05) is 12.1 Å². The highest BCUT2D eigenvalue weighted by atomic mass is 35.5. The van der Waals surface area contributed by atoms with Crippen LogP contribution in [0.3, 0.4) is 0 Å². The van der Waals surface area contributed by atoms with Crippen LogP contribution in [0.15, 0.2) is 36.5 Å². The van der Waals surface area contributed by atoms with Crippen molar-refractivity contribution in [3.63, 3.8) is 0 Å². The maximum atomic E-state index is 12.8. The minimum Gasteiger partial charge on any atom is -0.219 e. The number of hydrogen-bond donors (Lipinski definition) is 0. The van der Waals surface area contributed by atoms with Crippen LogP contribution in [-0.4, -0.2) is 14.6 Å². The lowest BCUT2D eigenvalue weighted by Crippen LogP contribution is -2.04. The van der Waals surface area contributed by atoms with Gasteiger partial charge in [0.05, 0.1) is 5.56 Å². The van der Waals surface area contributed by atoms with Crippen LogP contribution in [0.2, 0.25) is 5.28 Å². The van der Waals surface area contributed by atoms with E-state index in [1.54, 1.807) is 25.3 Å². The van der Waals surface area contributed by atoms with Gasteiger partial charge in [-0.2, -0.15) is 18.2 Å². The van der Waals surface area contributed by atoms with E-state index in [0.29, 0.717) is 16.8 Å². The molecule has 0 aliphatic heterocycles. The molecule has 2 aromatic heterocycles. The summed E-state index contributed by atoms with van der Waals surface area (Å²) < 4.78 is 40.0. The van der Waals surface area contributed by atoms with E-state index < -0.39 is 11.7 Å². The second kappa shape index (κ2) is 4.73. The number of rotatable bonds is 1. The van der Waals surface area contributed by atoms with Gasteiger partial charge in [-0.25, -0.2) is 4.52 Å². The minimum atomic E-state index is -4.39. The number of benzene rings is 1. The molecule has 0 unspecified atom stereocenters. The van der Waals surface area contributed by atoms with E-state index in [-0.39, 0.29) is 5.28 Å². The van der Waals surface area contributed by atoms with Crippen LogP contribution in [0.5, 0.6) is 0 Å². The molecule has 0 saturated heterocycles. The highest BCUT2D eigenvalue weighted by Gasteiger charge is 2.30. The van der Waals surface area contributed by atoms with Gasteiger partial charge >= 0.3 is 6.18 Å². The molecule has 3 nitrogen and oxygen atoms in total. The van der Waals surface area contributed by atoms with Crippen molar-refractivity contribution in [2.24, 2.45) is 0 Å². The molecule has 7 heteroatoms. The Morgan fingerprint density at radius 1 is 1.19 bits per heavy atom. The molecule has 0 saturated carbocycles. The molecular formula is C14H9ClF3N3. The number of nitrogens with zero attached hydrogens (tertiary/aromatic N) is 3. The highest BCUT2D eigenvalue weighted by Crippen LogP contribution is 2.34. The Morgan fingerprint density at radius 3 is 2.67 bits per heavy atom. The Morgan fingerprint density at radius 2 is 1.95 bits per heavy atom. The van der Waals surface area contributed by atoms with E-state index in [0.717, 1.165) is 17.7 Å². The molecule has 0 radical (unpaired) electrons. The third kappa shape index (κ3) is 2.47. The molecule has 0 aliphatic rings. The molecule has 0 atom stereocenters. The topological polar surface area (TPSA) is 30.2 Å². The van der Waals surface area contributed by atoms with Gasteiger partial charge in [-0.15, -0.1) is 5.10 Å². The first-order valence-corrected chi connectivity index (χ1v) is 6.43. The lowest BCUT2D eigenvalue weighted by atomic mass is 10.00. The average Bonchev–Trinajstić information content (AvgIpc) is 2.78. The number of aromatic nitrogens is 3. The van der Waals surface area contributed by atoms with Crippen molar-refractivity contribution in [1.29, 1.82) is 0 Å². The zero-order valence-electron chi connectivity index (χ0n) is 10.8. The van der Waals surface area contributed by atoms with Crippen LogP contribution < -0.4 is 0 Å². The predicted octanol–water partition coefficient (Wildman–Crippen LogP) is 4.38. The summed E-state index contributed by atoms with van der Waals surface area (Å²) in [5, 5.41) is 4.01. The second-order valence-corrected chi connectivity index (χ2v) is 4.94. The molecule has 0 N–H and O–H groups in total. The van der Waals surface area contributed by atoms with Gasteiger partial charge < -0.3 is 0 Å². The van der Waals surface area contributed by atoms with E-state index >= 15 is 0 Å². The summed E-state index contributed by atoms with van der Waals surface area (Å²) >= 11 is 5.78. The molecule has 1 aromatic carbocycles. The Balaban J connectivity index is 2.27. The van der Waals surface area contributed by atoms with Crippen molar-refractivity contribution < 1.29 is 13.2 Å². The molecule has 0 fully saturated rings. The van der Waals surface area contributed by atoms with Gasteiger partial charge in [-0.3, -0.25) is 0 Å². The van der Waals surface area contributed by atoms with E-state index in [4.69, 9.17) is 11.6 Å². The summed E-state index contributed by atoms with van der Waals surface area (Å²) in [6.07, 6.45) is -2.72. The van der Waals surface area contributed by atoms with Crippen LogP contribution in [-0.2, 0) is 6.18 Å². The van der Waals surface area contributed by atoms with Crippen LogP contribution in [0.4, 0.5) is 13.2 Å². The smallest absolute Gasteiger partial charge is 0.219 e. The lowest BCUT2D eigenvalue weighted by molar-refractivity contribution is -0.137. The summed E-state index contributed by atoms with van der Waals surface area (Å²) in [5.74, 6) is 0. The Labute approximate surface area is 123 Å². The molecule has 3 rings (SSSR count). The van der Waals surface area contributed by atoms with Crippen molar-refractivity contribution >= 4 is 17.2 Å². The Kier molecular flexibility index (Phi) is 3.13. The number of halogens is 4. The fraction of sp³-hybridized carbons (Fsp3) is 0.143. The first kappa shape index (κ1) is 13.9. The second-order valence-electron chi connectivity index (χ2n) is 4.60. The van der Waals surface area contributed by atoms with Crippen molar-refractivity contribution in [3.05, 3.63) is 52.9 Å². The van der Waals surface area contributed by atoms with E-state index in [9.17, 15) is 13.2 Å². The number of alkyl halides is 3. The molecule has 0 aliphatic carbocycles. The Bertz CT molecular complexity index is 824. The first-order valence-electron chi connectivity index (χ1n) is 6.05. The monoisotopic (exact) mass is 311 g/mol. The molecule has 0 bridgehead atoms. The van der Waals surface area contributed by atoms with E-state index in [1.165, 1.54) is 10.6 Å². The summed E-state index contributed by atoms with van der Waals surface area (Å²) in [6.45, 7) is 1.80. The third-order valence-corrected chi connectivity index (χ3v) is 3.33. The summed E-state index contributed by atoms with van der Waals surface area (Å²) in [5.41, 5.74) is 1.54. The van der Waals surface area contributed by atoms with Gasteiger partial charge in [-0.05, 0) is 47.9 Å². The molecule has 2 heterocycles. The Hall–Kier alpha value is -2.08. The lowest BCUT2D eigenvalue weighted by Gasteiger charge is -2.11. The standard InChI is InChI=1S/C14H9ClF3N3/c1-8-5-6-21-12(19-13(15)20-21)11(8)9-3-2-4-10(7-9)14(16,17)18/h2-7H,1H3. The van der Waals surface area contributed by atoms with Gasteiger partial charge in [0.15, 0.2) is 5.65 Å². The van der Waals surface area contributed by atoms with Gasteiger partial charge in [0, 0.05) is 11.8 Å². The zero-order valence-corrected chi connectivity index (χ0v) is 11.6. The fourth-order valence-corrected chi connectivity index (χ4v) is 2.38. The molecule has 0 amide bonds. The quantitative estimate of drug-likeness (QED) is 0.667.